The quantitative estimate of drug-likeness (QED) is 0.189. The minimum Gasteiger partial charge on any atom is -0.309 e. The third kappa shape index (κ3) is 4.02. The topological polar surface area (TPSA) is 9.86 Å². The van der Waals surface area contributed by atoms with Gasteiger partial charge in [-0.3, -0.25) is 0 Å². The van der Waals surface area contributed by atoms with Crippen LogP contribution in [0.4, 0.5) is 0 Å². The van der Waals surface area contributed by atoms with Crippen molar-refractivity contribution in [3.05, 3.63) is 120 Å². The highest BCUT2D eigenvalue weighted by atomic mass is 15.0. The molecule has 2 heterocycles. The van der Waals surface area contributed by atoms with E-state index in [0.717, 1.165) is 12.8 Å². The predicted molar refractivity (Wildman–Crippen MR) is 172 cm³/mol. The molecule has 0 unspecified atom stereocenters. The number of aromatic nitrogens is 2. The molecule has 0 aliphatic carbocycles. The highest BCUT2D eigenvalue weighted by molar-refractivity contribution is 6.26. The van der Waals surface area contributed by atoms with Gasteiger partial charge in [-0.2, -0.15) is 0 Å². The predicted octanol–water partition coefficient (Wildman–Crippen LogP) is 10.6. The molecule has 0 amide bonds. The summed E-state index contributed by atoms with van der Waals surface area (Å²) in [5.41, 5.74) is 10.3. The van der Waals surface area contributed by atoms with Gasteiger partial charge in [0.2, 0.25) is 0 Å². The molecule has 0 fully saturated rings. The van der Waals surface area contributed by atoms with E-state index in [1.807, 2.05) is 0 Å². The van der Waals surface area contributed by atoms with Gasteiger partial charge >= 0.3 is 0 Å². The zero-order valence-corrected chi connectivity index (χ0v) is 23.5. The molecule has 0 saturated heterocycles. The van der Waals surface area contributed by atoms with Crippen molar-refractivity contribution in [3.63, 3.8) is 0 Å². The summed E-state index contributed by atoms with van der Waals surface area (Å²) in [6, 6.07) is 40.9. The lowest BCUT2D eigenvalue weighted by Crippen LogP contribution is -1.96. The van der Waals surface area contributed by atoms with Crippen LogP contribution in [-0.2, 0) is 12.8 Å². The maximum absolute atomic E-state index is 2.49. The SMILES string of the molecule is CCCCc1ccc(-n2c3ccccc3c3c2ccc2c4ccccc4n(-c4ccc(CCCC)cc4)c23)cc1. The molecule has 2 heteroatoms. The molecule has 2 nitrogen and oxygen atoms in total. The van der Waals surface area contributed by atoms with E-state index in [1.54, 1.807) is 0 Å². The van der Waals surface area contributed by atoms with E-state index in [9.17, 15) is 0 Å². The maximum Gasteiger partial charge on any atom is 0.0641 e. The maximum atomic E-state index is 2.49. The van der Waals surface area contributed by atoms with Crippen LogP contribution in [0.25, 0.3) is 55.0 Å². The van der Waals surface area contributed by atoms with Gasteiger partial charge in [-0.15, -0.1) is 0 Å². The van der Waals surface area contributed by atoms with Crippen molar-refractivity contribution in [3.8, 4) is 11.4 Å². The molecule has 5 aromatic carbocycles. The number of aryl methyl sites for hydroxylation is 2. The van der Waals surface area contributed by atoms with Crippen LogP contribution in [-0.4, -0.2) is 9.13 Å². The molecule has 40 heavy (non-hydrogen) atoms. The minimum atomic E-state index is 1.14. The van der Waals surface area contributed by atoms with Gasteiger partial charge in [0, 0.05) is 32.9 Å². The summed E-state index contributed by atoms with van der Waals surface area (Å²) < 4.78 is 4.94. The van der Waals surface area contributed by atoms with Crippen molar-refractivity contribution in [2.45, 2.75) is 52.4 Å². The van der Waals surface area contributed by atoms with E-state index >= 15 is 0 Å². The molecule has 0 aliphatic rings. The third-order valence-electron chi connectivity index (χ3n) is 8.50. The van der Waals surface area contributed by atoms with Crippen LogP contribution in [0.5, 0.6) is 0 Å². The molecule has 0 saturated carbocycles. The molecule has 7 rings (SSSR count). The van der Waals surface area contributed by atoms with Crippen LogP contribution in [0.1, 0.15) is 50.7 Å². The molecule has 0 atom stereocenters. The number of hydrogen-bond donors (Lipinski definition) is 0. The van der Waals surface area contributed by atoms with Gasteiger partial charge in [0.25, 0.3) is 0 Å². The summed E-state index contributed by atoms with van der Waals surface area (Å²) in [6.45, 7) is 4.52. The fraction of sp³-hybridized carbons (Fsp3) is 0.211. The van der Waals surface area contributed by atoms with E-state index in [2.05, 4.69) is 132 Å². The Kier molecular flexibility index (Phi) is 6.40. The van der Waals surface area contributed by atoms with Crippen LogP contribution in [0, 0.1) is 0 Å². The van der Waals surface area contributed by atoms with Gasteiger partial charge in [0.05, 0.1) is 22.1 Å². The number of benzene rings is 5. The second kappa shape index (κ2) is 10.4. The van der Waals surface area contributed by atoms with Crippen molar-refractivity contribution in [1.29, 1.82) is 0 Å². The average Bonchev–Trinajstić information content (AvgIpc) is 3.52. The van der Waals surface area contributed by atoms with Crippen molar-refractivity contribution in [2.75, 3.05) is 0 Å². The van der Waals surface area contributed by atoms with Crippen LogP contribution < -0.4 is 0 Å². The number of unbranched alkanes of at least 4 members (excludes halogenated alkanes) is 2. The molecule has 0 radical (unpaired) electrons. The zero-order valence-electron chi connectivity index (χ0n) is 23.5. The Labute approximate surface area is 236 Å². The lowest BCUT2D eigenvalue weighted by molar-refractivity contribution is 0.795. The summed E-state index contributed by atoms with van der Waals surface area (Å²) in [5.74, 6) is 0. The van der Waals surface area contributed by atoms with Gasteiger partial charge in [0.1, 0.15) is 0 Å². The summed E-state index contributed by atoms with van der Waals surface area (Å²) in [7, 11) is 0. The van der Waals surface area contributed by atoms with Crippen molar-refractivity contribution < 1.29 is 0 Å². The summed E-state index contributed by atoms with van der Waals surface area (Å²) >= 11 is 0. The van der Waals surface area contributed by atoms with Crippen LogP contribution in [0.3, 0.4) is 0 Å². The highest BCUT2D eigenvalue weighted by Gasteiger charge is 2.20. The first-order valence-corrected chi connectivity index (χ1v) is 14.9. The molecule has 7 aromatic rings. The summed E-state index contributed by atoms with van der Waals surface area (Å²) in [6.07, 6.45) is 7.18. The average molecular weight is 521 g/mol. The van der Waals surface area contributed by atoms with Gasteiger partial charge < -0.3 is 9.13 Å². The Balaban J connectivity index is 1.52. The standard InChI is InChI=1S/C38H36N2/c1-3-5-11-27-17-21-29(22-18-27)39-35-16-10-8-14-33(35)37-36(39)26-25-32-31-13-7-9-15-34(31)40(38(32)37)30-23-19-28(20-24-30)12-6-4-2/h7-10,13-26H,3-6,11-12H2,1-2H3. The van der Waals surface area contributed by atoms with Crippen molar-refractivity contribution >= 4 is 43.6 Å². The van der Waals surface area contributed by atoms with E-state index in [0.29, 0.717) is 0 Å². The first kappa shape index (κ1) is 24.7. The van der Waals surface area contributed by atoms with E-state index in [1.165, 1.54) is 91.8 Å². The molecule has 0 bridgehead atoms. The smallest absolute Gasteiger partial charge is 0.0641 e. The van der Waals surface area contributed by atoms with Gasteiger partial charge in [-0.25, -0.2) is 0 Å². The zero-order chi connectivity index (χ0) is 27.1. The number of rotatable bonds is 8. The third-order valence-corrected chi connectivity index (χ3v) is 8.50. The monoisotopic (exact) mass is 520 g/mol. The van der Waals surface area contributed by atoms with E-state index < -0.39 is 0 Å². The molecular weight excluding hydrogens is 484 g/mol. The Hall–Kier alpha value is -4.30. The first-order valence-electron chi connectivity index (χ1n) is 14.9. The second-order valence-corrected chi connectivity index (χ2v) is 11.1. The van der Waals surface area contributed by atoms with Gasteiger partial charge in [-0.1, -0.05) is 93.4 Å². The fourth-order valence-corrected chi connectivity index (χ4v) is 6.44. The number of hydrogen-bond acceptors (Lipinski definition) is 0. The van der Waals surface area contributed by atoms with Crippen LogP contribution in [0.15, 0.2) is 109 Å². The van der Waals surface area contributed by atoms with E-state index in [-0.39, 0.29) is 0 Å². The van der Waals surface area contributed by atoms with E-state index in [4.69, 9.17) is 0 Å². The van der Waals surface area contributed by atoms with Gasteiger partial charge in [0.15, 0.2) is 0 Å². The normalized spacial score (nSPS) is 11.8. The molecule has 198 valence electrons. The second-order valence-electron chi connectivity index (χ2n) is 11.1. The Morgan fingerprint density at radius 3 is 1.57 bits per heavy atom. The summed E-state index contributed by atoms with van der Waals surface area (Å²) in [5, 5.41) is 5.21. The van der Waals surface area contributed by atoms with Crippen molar-refractivity contribution in [2.24, 2.45) is 0 Å². The molecule has 0 N–H and O–H groups in total. The molecule has 0 spiro atoms. The molecule has 2 aromatic heterocycles. The van der Waals surface area contributed by atoms with Crippen LogP contribution >= 0.6 is 0 Å². The lowest BCUT2D eigenvalue weighted by Gasteiger charge is -2.11. The summed E-state index contributed by atoms with van der Waals surface area (Å²) in [4.78, 5) is 0. The fourth-order valence-electron chi connectivity index (χ4n) is 6.44. The highest BCUT2D eigenvalue weighted by Crippen LogP contribution is 2.41. The number of fused-ring (bicyclic) bond motifs is 7. The largest absolute Gasteiger partial charge is 0.309 e. The Bertz CT molecular complexity index is 1950. The van der Waals surface area contributed by atoms with Crippen LogP contribution in [0.2, 0.25) is 0 Å². The number of para-hydroxylation sites is 2. The van der Waals surface area contributed by atoms with Gasteiger partial charge in [-0.05, 0) is 79.3 Å². The molecular formula is C38H36N2. The Morgan fingerprint density at radius 1 is 0.450 bits per heavy atom. The Morgan fingerprint density at radius 2 is 0.975 bits per heavy atom. The first-order chi connectivity index (χ1) is 19.8. The molecule has 0 aliphatic heterocycles. The minimum absolute atomic E-state index is 1.14. The number of nitrogens with zero attached hydrogens (tertiary/aromatic N) is 2. The lowest BCUT2D eigenvalue weighted by atomic mass is 10.1. The van der Waals surface area contributed by atoms with Crippen molar-refractivity contribution in [1.82, 2.24) is 9.13 Å².